The molecule has 1 rings (SSSR count). The topological polar surface area (TPSA) is 49.8 Å². The van der Waals surface area contributed by atoms with Crippen LogP contribution in [-0.2, 0) is 0 Å². The Labute approximate surface area is 86.2 Å². The number of nitriles is 1. The highest BCUT2D eigenvalue weighted by Gasteiger charge is 2.00. The molecule has 0 atom stereocenters. The Bertz CT molecular complexity index is 391. The summed E-state index contributed by atoms with van der Waals surface area (Å²) in [5, 5.41) is 9.25. The van der Waals surface area contributed by atoms with Gasteiger partial charge in [-0.2, -0.15) is 5.26 Å². The van der Waals surface area contributed by atoms with E-state index in [9.17, 15) is 0 Å². The summed E-state index contributed by atoms with van der Waals surface area (Å²) in [4.78, 5) is 0. The van der Waals surface area contributed by atoms with E-state index in [-0.39, 0.29) is 0 Å². The molecule has 0 fully saturated rings. The van der Waals surface area contributed by atoms with Crippen molar-refractivity contribution in [3.8, 4) is 6.07 Å². The second-order valence-corrected chi connectivity index (χ2v) is 3.17. The Balaban J connectivity index is 3.13. The molecular formula is C9H6Cl2N2. The average Bonchev–Trinajstić information content (AvgIpc) is 2.10. The Morgan fingerprint density at radius 1 is 1.38 bits per heavy atom. The fraction of sp³-hybridized carbons (Fsp3) is 0. The summed E-state index contributed by atoms with van der Waals surface area (Å²) in [7, 11) is 0. The van der Waals surface area contributed by atoms with Gasteiger partial charge in [-0.05, 0) is 17.7 Å². The van der Waals surface area contributed by atoms with Crippen molar-refractivity contribution < 1.29 is 0 Å². The van der Waals surface area contributed by atoms with Gasteiger partial charge in [-0.1, -0.05) is 29.3 Å². The molecule has 0 heterocycles. The van der Waals surface area contributed by atoms with E-state index >= 15 is 0 Å². The van der Waals surface area contributed by atoms with Crippen molar-refractivity contribution in [2.45, 2.75) is 0 Å². The van der Waals surface area contributed by atoms with Crippen LogP contribution in [0.4, 0.5) is 0 Å². The largest absolute Gasteiger partial charge is 0.398 e. The van der Waals surface area contributed by atoms with Crippen molar-refractivity contribution in [1.29, 1.82) is 5.26 Å². The summed E-state index contributed by atoms with van der Waals surface area (Å²) in [6.07, 6.45) is 1.25. The predicted molar refractivity (Wildman–Crippen MR) is 54.2 cm³/mol. The van der Waals surface area contributed by atoms with Crippen LogP contribution in [0.15, 0.2) is 24.3 Å². The van der Waals surface area contributed by atoms with Gasteiger partial charge in [0.15, 0.2) is 0 Å². The van der Waals surface area contributed by atoms with Crippen molar-refractivity contribution >= 4 is 28.9 Å². The minimum atomic E-state index is 0.376. The zero-order chi connectivity index (χ0) is 9.84. The third kappa shape index (κ3) is 2.38. The van der Waals surface area contributed by atoms with E-state index in [1.165, 1.54) is 6.08 Å². The Kier molecular flexibility index (Phi) is 3.18. The van der Waals surface area contributed by atoms with Crippen LogP contribution in [0.25, 0.3) is 5.70 Å². The lowest BCUT2D eigenvalue weighted by Gasteiger charge is -2.01. The molecule has 0 unspecified atom stereocenters. The molecule has 13 heavy (non-hydrogen) atoms. The predicted octanol–water partition coefficient (Wildman–Crippen LogP) is 2.82. The van der Waals surface area contributed by atoms with E-state index in [1.807, 2.05) is 6.07 Å². The van der Waals surface area contributed by atoms with Gasteiger partial charge in [-0.25, -0.2) is 0 Å². The second-order valence-electron chi connectivity index (χ2n) is 2.36. The number of rotatable bonds is 1. The fourth-order valence-corrected chi connectivity index (χ4v) is 1.13. The third-order valence-corrected chi connectivity index (χ3v) is 2.21. The number of benzene rings is 1. The second kappa shape index (κ2) is 4.18. The normalized spacial score (nSPS) is 11.0. The summed E-state index contributed by atoms with van der Waals surface area (Å²) in [5.74, 6) is 0. The maximum absolute atomic E-state index is 8.36. The first-order valence-corrected chi connectivity index (χ1v) is 4.21. The van der Waals surface area contributed by atoms with Crippen LogP contribution in [0.1, 0.15) is 5.56 Å². The monoisotopic (exact) mass is 212 g/mol. The van der Waals surface area contributed by atoms with Gasteiger partial charge in [0.05, 0.1) is 16.1 Å². The van der Waals surface area contributed by atoms with Crippen LogP contribution >= 0.6 is 23.2 Å². The molecule has 2 nitrogen and oxygen atoms in total. The summed E-state index contributed by atoms with van der Waals surface area (Å²) in [6, 6.07) is 6.80. The molecule has 0 amide bonds. The Morgan fingerprint density at radius 2 is 2.08 bits per heavy atom. The quantitative estimate of drug-likeness (QED) is 0.729. The van der Waals surface area contributed by atoms with E-state index in [4.69, 9.17) is 34.2 Å². The van der Waals surface area contributed by atoms with E-state index in [0.717, 1.165) is 0 Å². The summed E-state index contributed by atoms with van der Waals surface area (Å²) >= 11 is 11.5. The molecule has 0 bridgehead atoms. The summed E-state index contributed by atoms with van der Waals surface area (Å²) < 4.78 is 0. The Hall–Kier alpha value is -1.17. The van der Waals surface area contributed by atoms with E-state index < -0.39 is 0 Å². The highest BCUT2D eigenvalue weighted by molar-refractivity contribution is 6.42. The molecule has 0 radical (unpaired) electrons. The van der Waals surface area contributed by atoms with Gasteiger partial charge in [-0.3, -0.25) is 0 Å². The highest BCUT2D eigenvalue weighted by atomic mass is 35.5. The lowest BCUT2D eigenvalue weighted by atomic mass is 10.1. The molecule has 4 heteroatoms. The SMILES string of the molecule is N#CC=C(N)c1ccc(Cl)c(Cl)c1. The lowest BCUT2D eigenvalue weighted by Crippen LogP contribution is -1.95. The molecule has 1 aromatic carbocycles. The van der Waals surface area contributed by atoms with Crippen LogP contribution in [0, 0.1) is 11.3 Å². The average molecular weight is 213 g/mol. The molecule has 0 spiro atoms. The molecule has 0 aliphatic heterocycles. The van der Waals surface area contributed by atoms with Gasteiger partial charge in [0, 0.05) is 11.8 Å². The zero-order valence-electron chi connectivity index (χ0n) is 6.59. The molecule has 1 aromatic rings. The van der Waals surface area contributed by atoms with E-state index in [0.29, 0.717) is 21.3 Å². The van der Waals surface area contributed by atoms with E-state index in [1.54, 1.807) is 18.2 Å². The molecule has 66 valence electrons. The number of hydrogen-bond acceptors (Lipinski definition) is 2. The van der Waals surface area contributed by atoms with Crippen molar-refractivity contribution in [3.05, 3.63) is 39.9 Å². The molecular weight excluding hydrogens is 207 g/mol. The van der Waals surface area contributed by atoms with Gasteiger partial charge in [0.1, 0.15) is 0 Å². The van der Waals surface area contributed by atoms with Crippen molar-refractivity contribution in [2.24, 2.45) is 5.73 Å². The minimum Gasteiger partial charge on any atom is -0.398 e. The Morgan fingerprint density at radius 3 is 2.62 bits per heavy atom. The number of halogens is 2. The first-order chi connectivity index (χ1) is 6.15. The molecule has 2 N–H and O–H groups in total. The maximum Gasteiger partial charge on any atom is 0.0933 e. The third-order valence-electron chi connectivity index (χ3n) is 1.47. The van der Waals surface area contributed by atoms with E-state index in [2.05, 4.69) is 0 Å². The van der Waals surface area contributed by atoms with Crippen LogP contribution in [-0.4, -0.2) is 0 Å². The summed E-state index contributed by atoms with van der Waals surface area (Å²) in [5.41, 5.74) is 6.63. The van der Waals surface area contributed by atoms with Crippen LogP contribution < -0.4 is 5.73 Å². The van der Waals surface area contributed by atoms with Gasteiger partial charge < -0.3 is 5.73 Å². The summed E-state index contributed by atoms with van der Waals surface area (Å²) in [6.45, 7) is 0. The molecule has 0 aliphatic rings. The van der Waals surface area contributed by atoms with Crippen LogP contribution in [0.5, 0.6) is 0 Å². The van der Waals surface area contributed by atoms with Gasteiger partial charge in [-0.15, -0.1) is 0 Å². The zero-order valence-corrected chi connectivity index (χ0v) is 8.10. The fourth-order valence-electron chi connectivity index (χ4n) is 0.829. The number of hydrogen-bond donors (Lipinski definition) is 1. The highest BCUT2D eigenvalue weighted by Crippen LogP contribution is 2.24. The van der Waals surface area contributed by atoms with Crippen molar-refractivity contribution in [3.63, 3.8) is 0 Å². The maximum atomic E-state index is 8.36. The first-order valence-electron chi connectivity index (χ1n) is 3.46. The lowest BCUT2D eigenvalue weighted by molar-refractivity contribution is 1.49. The number of allylic oxidation sites excluding steroid dienone is 1. The number of nitrogens with zero attached hydrogens (tertiary/aromatic N) is 1. The van der Waals surface area contributed by atoms with Crippen LogP contribution in [0.3, 0.4) is 0 Å². The van der Waals surface area contributed by atoms with Crippen LogP contribution in [0.2, 0.25) is 10.0 Å². The molecule has 0 saturated heterocycles. The molecule has 0 saturated carbocycles. The molecule has 0 aromatic heterocycles. The van der Waals surface area contributed by atoms with Gasteiger partial charge in [0.25, 0.3) is 0 Å². The first kappa shape index (κ1) is 9.91. The number of nitrogens with two attached hydrogens (primary N) is 1. The smallest absolute Gasteiger partial charge is 0.0933 e. The van der Waals surface area contributed by atoms with Crippen molar-refractivity contribution in [2.75, 3.05) is 0 Å². The molecule has 0 aliphatic carbocycles. The van der Waals surface area contributed by atoms with Gasteiger partial charge >= 0.3 is 0 Å². The minimum absolute atomic E-state index is 0.376. The standard InChI is InChI=1S/C9H6Cl2N2/c10-7-2-1-6(5-8(7)11)9(13)3-4-12/h1-3,5H,13H2. The van der Waals surface area contributed by atoms with Crippen molar-refractivity contribution in [1.82, 2.24) is 0 Å². The van der Waals surface area contributed by atoms with Gasteiger partial charge in [0.2, 0.25) is 0 Å².